The van der Waals surface area contributed by atoms with Crippen molar-refractivity contribution in [2.45, 2.75) is 37.8 Å². The number of urea groups is 1. The summed E-state index contributed by atoms with van der Waals surface area (Å²) in [5.74, 6) is 1.42. The van der Waals surface area contributed by atoms with Crippen molar-refractivity contribution in [2.24, 2.45) is 0 Å². The normalized spacial score (nSPS) is 23.2. The van der Waals surface area contributed by atoms with Crippen molar-refractivity contribution in [3.05, 3.63) is 35.5 Å². The van der Waals surface area contributed by atoms with Crippen LogP contribution in [0.25, 0.3) is 11.4 Å². The van der Waals surface area contributed by atoms with Crippen molar-refractivity contribution < 1.29 is 18.6 Å². The maximum absolute atomic E-state index is 11.7. The number of anilines is 2. The molecule has 4 N–H and O–H groups in total. The Morgan fingerprint density at radius 3 is 2.68 bits per heavy atom. The molecule has 0 spiro atoms. The molecule has 9 nitrogen and oxygen atoms in total. The van der Waals surface area contributed by atoms with Crippen LogP contribution in [0.2, 0.25) is 0 Å². The molecule has 31 heavy (non-hydrogen) atoms. The summed E-state index contributed by atoms with van der Waals surface area (Å²) < 4.78 is 26.7. The average molecular weight is 448 g/mol. The minimum absolute atomic E-state index is 0.124. The summed E-state index contributed by atoms with van der Waals surface area (Å²) in [5.41, 5.74) is 2.98. The molecule has 1 fully saturated rings. The molecule has 2 unspecified atom stereocenters. The van der Waals surface area contributed by atoms with E-state index < -0.39 is 15.8 Å². The molecule has 10 heteroatoms. The van der Waals surface area contributed by atoms with Crippen LogP contribution in [0.4, 0.5) is 16.3 Å². The zero-order valence-corrected chi connectivity index (χ0v) is 18.8. The predicted molar refractivity (Wildman–Crippen MR) is 123 cm³/mol. The molecule has 1 saturated heterocycles. The molecule has 0 bridgehead atoms. The minimum Gasteiger partial charge on any atom is -0.377 e. The van der Waals surface area contributed by atoms with Gasteiger partial charge in [-0.3, -0.25) is 9.11 Å². The summed E-state index contributed by atoms with van der Waals surface area (Å²) in [4.78, 5) is 23.5. The van der Waals surface area contributed by atoms with Crippen LogP contribution in [0, 0.1) is 0 Å². The first kappa shape index (κ1) is 21.8. The Balaban J connectivity index is 1.71. The fourth-order valence-corrected chi connectivity index (χ4v) is 5.46. The number of nitrogens with one attached hydrogen (secondary N) is 2. The number of aromatic nitrogens is 2. The van der Waals surface area contributed by atoms with Gasteiger partial charge < -0.3 is 20.3 Å². The van der Waals surface area contributed by atoms with E-state index in [1.165, 1.54) is 0 Å². The van der Waals surface area contributed by atoms with Crippen molar-refractivity contribution in [1.82, 2.24) is 15.3 Å². The second kappa shape index (κ2) is 8.62. The van der Waals surface area contributed by atoms with Crippen LogP contribution in [0.3, 0.4) is 0 Å². The number of fused-ring (bicyclic) bond motifs is 1. The van der Waals surface area contributed by atoms with Gasteiger partial charge in [0.15, 0.2) is 5.82 Å². The Morgan fingerprint density at radius 1 is 1.26 bits per heavy atom. The first-order valence-corrected chi connectivity index (χ1v) is 12.2. The van der Waals surface area contributed by atoms with E-state index in [0.29, 0.717) is 43.5 Å². The molecule has 4 rings (SSSR count). The van der Waals surface area contributed by atoms with Gasteiger partial charge in [0.2, 0.25) is 0 Å². The number of amides is 2. The van der Waals surface area contributed by atoms with E-state index in [9.17, 15) is 13.9 Å². The lowest BCUT2D eigenvalue weighted by molar-refractivity contribution is 0.0984. The Labute approximate surface area is 183 Å². The van der Waals surface area contributed by atoms with Crippen molar-refractivity contribution in [2.75, 3.05) is 36.5 Å². The zero-order valence-electron chi connectivity index (χ0n) is 18.0. The molecular formula is C21H29N5O4S. The molecule has 0 radical (unpaired) electrons. The Hall–Kier alpha value is -2.40. The van der Waals surface area contributed by atoms with Crippen LogP contribution in [-0.2, 0) is 10.5 Å². The highest BCUT2D eigenvalue weighted by Gasteiger charge is 2.40. The van der Waals surface area contributed by atoms with Gasteiger partial charge in [-0.15, -0.1) is 0 Å². The largest absolute Gasteiger partial charge is 0.377 e. The SMILES string of the molecule is CCNC(=O)Nc1ccc(-c2nc3c(c(N4CCOCC4C)n2)C(C)S(O)(O)C3)cc1. The second-order valence-corrected chi connectivity index (χ2v) is 10.3. The Kier molecular flexibility index (Phi) is 6.07. The first-order valence-electron chi connectivity index (χ1n) is 10.5. The van der Waals surface area contributed by atoms with E-state index in [1.807, 2.05) is 26.0 Å². The molecule has 0 saturated carbocycles. The molecule has 168 valence electrons. The third kappa shape index (κ3) is 4.33. The lowest BCUT2D eigenvalue weighted by atomic mass is 10.1. The van der Waals surface area contributed by atoms with E-state index in [2.05, 4.69) is 22.5 Å². The number of nitrogens with zero attached hydrogens (tertiary/aromatic N) is 3. The van der Waals surface area contributed by atoms with E-state index in [-0.39, 0.29) is 17.8 Å². The average Bonchev–Trinajstić information content (AvgIpc) is 2.97. The summed E-state index contributed by atoms with van der Waals surface area (Å²) in [7, 11) is -2.80. The Morgan fingerprint density at radius 2 is 2.00 bits per heavy atom. The smallest absolute Gasteiger partial charge is 0.319 e. The van der Waals surface area contributed by atoms with Gasteiger partial charge in [0.25, 0.3) is 0 Å². The highest BCUT2D eigenvalue weighted by atomic mass is 32.3. The molecule has 1 aromatic heterocycles. The molecule has 3 heterocycles. The summed E-state index contributed by atoms with van der Waals surface area (Å²) in [5, 5.41) is 5.05. The number of benzene rings is 1. The predicted octanol–water partition coefficient (Wildman–Crippen LogP) is 3.84. The number of morpholine rings is 1. The molecule has 0 aliphatic carbocycles. The lowest BCUT2D eigenvalue weighted by Crippen LogP contribution is -2.44. The number of carbonyl (C=O) groups is 1. The molecule has 2 aromatic rings. The van der Waals surface area contributed by atoms with Crippen LogP contribution in [0.5, 0.6) is 0 Å². The standard InChI is InChI=1S/C21H29N5O4S/c1-4-22-21(27)23-16-7-5-15(6-8-16)19-24-17-12-31(28,29)14(3)18(17)20(25-19)26-9-10-30-11-13(26)2/h5-8,13-14,28-29H,4,9-12H2,1-3H3,(H2,22,23,27). The van der Waals surface area contributed by atoms with Crippen LogP contribution in [-0.4, -0.2) is 57.4 Å². The van der Waals surface area contributed by atoms with E-state index in [4.69, 9.17) is 14.7 Å². The van der Waals surface area contributed by atoms with Crippen molar-refractivity contribution in [1.29, 1.82) is 0 Å². The summed E-state index contributed by atoms with van der Waals surface area (Å²) >= 11 is 0. The fraction of sp³-hybridized carbons (Fsp3) is 0.476. The van der Waals surface area contributed by atoms with Crippen LogP contribution in [0.15, 0.2) is 24.3 Å². The van der Waals surface area contributed by atoms with Gasteiger partial charge in [-0.1, -0.05) is 0 Å². The molecule has 2 atom stereocenters. The van der Waals surface area contributed by atoms with Gasteiger partial charge in [0, 0.05) is 29.9 Å². The molecule has 2 aliphatic rings. The number of ether oxygens (including phenoxy) is 1. The van der Waals surface area contributed by atoms with Crippen LogP contribution < -0.4 is 15.5 Å². The molecule has 2 aliphatic heterocycles. The third-order valence-electron chi connectivity index (χ3n) is 5.70. The quantitative estimate of drug-likeness (QED) is 0.562. The third-order valence-corrected chi connectivity index (χ3v) is 7.77. The van der Waals surface area contributed by atoms with Gasteiger partial charge >= 0.3 is 6.03 Å². The highest BCUT2D eigenvalue weighted by molar-refractivity contribution is 8.24. The summed E-state index contributed by atoms with van der Waals surface area (Å²) in [6.45, 7) is 8.20. The summed E-state index contributed by atoms with van der Waals surface area (Å²) in [6.07, 6.45) is 0. The van der Waals surface area contributed by atoms with Gasteiger partial charge in [0.1, 0.15) is 5.82 Å². The maximum Gasteiger partial charge on any atom is 0.319 e. The van der Waals surface area contributed by atoms with Crippen LogP contribution in [0.1, 0.15) is 37.3 Å². The number of hydrogen-bond donors (Lipinski definition) is 4. The molecule has 2 amide bonds. The van der Waals surface area contributed by atoms with E-state index in [1.54, 1.807) is 12.1 Å². The zero-order chi connectivity index (χ0) is 22.2. The first-order chi connectivity index (χ1) is 14.8. The lowest BCUT2D eigenvalue weighted by Gasteiger charge is -2.37. The van der Waals surface area contributed by atoms with Gasteiger partial charge in [-0.25, -0.2) is 14.8 Å². The molecular weight excluding hydrogens is 418 g/mol. The number of rotatable bonds is 4. The van der Waals surface area contributed by atoms with Crippen LogP contribution >= 0.6 is 10.6 Å². The van der Waals surface area contributed by atoms with Crippen molar-refractivity contribution in [3.8, 4) is 11.4 Å². The van der Waals surface area contributed by atoms with Gasteiger partial charge in [-0.2, -0.15) is 10.6 Å². The molecule has 1 aromatic carbocycles. The van der Waals surface area contributed by atoms with E-state index >= 15 is 0 Å². The maximum atomic E-state index is 11.7. The summed E-state index contributed by atoms with van der Waals surface area (Å²) in [6, 6.07) is 7.17. The minimum atomic E-state index is -2.80. The number of hydrogen-bond acceptors (Lipinski definition) is 7. The van der Waals surface area contributed by atoms with Crippen molar-refractivity contribution >= 4 is 28.1 Å². The topological polar surface area (TPSA) is 120 Å². The van der Waals surface area contributed by atoms with Gasteiger partial charge in [0.05, 0.1) is 36.0 Å². The fourth-order valence-electron chi connectivity index (χ4n) is 3.97. The van der Waals surface area contributed by atoms with Gasteiger partial charge in [-0.05, 0) is 45.0 Å². The van der Waals surface area contributed by atoms with Crippen molar-refractivity contribution in [3.63, 3.8) is 0 Å². The van der Waals surface area contributed by atoms with E-state index in [0.717, 1.165) is 16.9 Å². The highest BCUT2D eigenvalue weighted by Crippen LogP contribution is 2.63. The monoisotopic (exact) mass is 447 g/mol. The number of carbonyl (C=O) groups excluding carboxylic acids is 1. The second-order valence-electron chi connectivity index (χ2n) is 7.91. The Bertz CT molecular complexity index is 969.